The fourth-order valence-corrected chi connectivity index (χ4v) is 6.16. The summed E-state index contributed by atoms with van der Waals surface area (Å²) in [6.45, 7) is 10.3. The quantitative estimate of drug-likeness (QED) is 0.111. The average Bonchev–Trinajstić information content (AvgIpc) is 3.12. The summed E-state index contributed by atoms with van der Waals surface area (Å²) in [7, 11) is 0. The fourth-order valence-electron chi connectivity index (χ4n) is 6.16. The van der Waals surface area contributed by atoms with E-state index in [9.17, 15) is 34.2 Å². The molecule has 0 spiro atoms. The summed E-state index contributed by atoms with van der Waals surface area (Å²) in [4.78, 5) is 70.2. The predicted octanol–water partition coefficient (Wildman–Crippen LogP) is 1.54. The first kappa shape index (κ1) is 43.2. The van der Waals surface area contributed by atoms with Crippen LogP contribution in [0, 0.1) is 11.8 Å². The van der Waals surface area contributed by atoms with Crippen molar-refractivity contribution in [2.45, 2.75) is 96.5 Å². The topological polar surface area (TPSA) is 186 Å². The molecule has 1 saturated heterocycles. The van der Waals surface area contributed by atoms with Crippen molar-refractivity contribution in [2.24, 2.45) is 11.8 Å². The number of hydrogen-bond acceptors (Lipinski definition) is 9. The van der Waals surface area contributed by atoms with E-state index >= 15 is 0 Å². The van der Waals surface area contributed by atoms with E-state index < -0.39 is 59.9 Å². The van der Waals surface area contributed by atoms with E-state index in [1.165, 1.54) is 6.92 Å². The molecule has 0 unspecified atom stereocenters. The van der Waals surface area contributed by atoms with Crippen LogP contribution in [-0.2, 0) is 41.6 Å². The highest BCUT2D eigenvalue weighted by Gasteiger charge is 2.38. The van der Waals surface area contributed by atoms with Crippen molar-refractivity contribution < 1.29 is 38.9 Å². The first-order valence-corrected chi connectivity index (χ1v) is 18.6. The van der Waals surface area contributed by atoms with Crippen LogP contribution in [-0.4, -0.2) is 114 Å². The Bertz CT molecular complexity index is 1460. The Morgan fingerprint density at radius 2 is 1.21 bits per heavy atom. The normalized spacial score (nSPS) is 16.8. The first-order chi connectivity index (χ1) is 25.2. The summed E-state index contributed by atoms with van der Waals surface area (Å²) in [6, 6.07) is 14.4. The minimum Gasteiger partial charge on any atom is -0.393 e. The van der Waals surface area contributed by atoms with E-state index in [0.717, 1.165) is 11.1 Å². The van der Waals surface area contributed by atoms with Gasteiger partial charge in [0.15, 0.2) is 5.78 Å². The molecule has 1 fully saturated rings. The van der Waals surface area contributed by atoms with Crippen LogP contribution in [0.25, 0.3) is 0 Å². The molecule has 2 aromatic rings. The molecule has 3 rings (SSSR count). The van der Waals surface area contributed by atoms with Gasteiger partial charge in [-0.2, -0.15) is 0 Å². The van der Waals surface area contributed by atoms with Crippen LogP contribution in [0.1, 0.15) is 65.0 Å². The second-order valence-corrected chi connectivity index (χ2v) is 15.0. The Kier molecular flexibility index (Phi) is 17.5. The lowest BCUT2D eigenvalue weighted by atomic mass is 9.90. The van der Waals surface area contributed by atoms with Gasteiger partial charge in [0.1, 0.15) is 23.7 Å². The Hall–Kier alpha value is -4.17. The van der Waals surface area contributed by atoms with Gasteiger partial charge < -0.3 is 36.2 Å². The first-order valence-electron chi connectivity index (χ1n) is 18.6. The van der Waals surface area contributed by atoms with Gasteiger partial charge in [-0.25, -0.2) is 0 Å². The third kappa shape index (κ3) is 15.0. The van der Waals surface area contributed by atoms with Gasteiger partial charge in [0.2, 0.25) is 23.6 Å². The maximum absolute atomic E-state index is 14.1. The molecule has 292 valence electrons. The summed E-state index contributed by atoms with van der Waals surface area (Å²) in [6.07, 6.45) is 1.33. The highest BCUT2D eigenvalue weighted by Crippen LogP contribution is 2.16. The maximum atomic E-state index is 14.1. The highest BCUT2D eigenvalue weighted by molar-refractivity contribution is 5.97. The number of amides is 4. The lowest BCUT2D eigenvalue weighted by Gasteiger charge is -2.30. The van der Waals surface area contributed by atoms with Crippen LogP contribution in [0.5, 0.6) is 0 Å². The van der Waals surface area contributed by atoms with Crippen molar-refractivity contribution in [1.82, 2.24) is 26.2 Å². The molecule has 0 aromatic heterocycles. The zero-order valence-electron chi connectivity index (χ0n) is 31.8. The van der Waals surface area contributed by atoms with Crippen LogP contribution >= 0.6 is 0 Å². The van der Waals surface area contributed by atoms with Gasteiger partial charge in [-0.3, -0.25) is 28.9 Å². The molecule has 0 saturated carbocycles. The molecule has 0 aliphatic carbocycles. The van der Waals surface area contributed by atoms with Gasteiger partial charge in [0.05, 0.1) is 32.4 Å². The summed E-state index contributed by atoms with van der Waals surface area (Å²) in [5.74, 6) is -2.89. The molecule has 1 aliphatic rings. The van der Waals surface area contributed by atoms with Crippen LogP contribution in [0.4, 0.5) is 0 Å². The molecule has 53 heavy (non-hydrogen) atoms. The van der Waals surface area contributed by atoms with Crippen LogP contribution in [0.2, 0.25) is 0 Å². The van der Waals surface area contributed by atoms with E-state index in [0.29, 0.717) is 39.1 Å². The lowest BCUT2D eigenvalue weighted by Crippen LogP contribution is -2.60. The molecular weight excluding hydrogens is 678 g/mol. The van der Waals surface area contributed by atoms with E-state index in [4.69, 9.17) is 4.74 Å². The van der Waals surface area contributed by atoms with Gasteiger partial charge >= 0.3 is 0 Å². The molecule has 13 nitrogen and oxygen atoms in total. The number of hydrogen-bond donors (Lipinski definition) is 6. The Morgan fingerprint density at radius 3 is 1.77 bits per heavy atom. The summed E-state index contributed by atoms with van der Waals surface area (Å²) in [5, 5.41) is 31.5. The lowest BCUT2D eigenvalue weighted by molar-refractivity contribution is -0.144. The summed E-state index contributed by atoms with van der Waals surface area (Å²) >= 11 is 0. The van der Waals surface area contributed by atoms with E-state index in [-0.39, 0.29) is 43.6 Å². The van der Waals surface area contributed by atoms with Crippen LogP contribution in [0.3, 0.4) is 0 Å². The number of aryl methyl sites for hydroxylation is 1. The standard InChI is InChI=1S/C40H59N5O8/c1-27(2)22-32(36(48)40(5,52)26-46)42-39(51)34(24-30-14-10-7-11-15-30)44-38(50)33(23-28(3)4)43-37(49)31(17-16-29-12-8-6-9-13-29)41-35(47)25-45-18-20-53-21-19-45/h6-15,27-28,31-34,46,52H,16-26H2,1-5H3,(H,41,47)(H,42,51)(H,43,49)(H,44,50)/t31-,32-,33-,34-,40+/m0/s1. The second-order valence-electron chi connectivity index (χ2n) is 15.0. The monoisotopic (exact) mass is 737 g/mol. The van der Waals surface area contributed by atoms with Crippen molar-refractivity contribution in [2.75, 3.05) is 39.5 Å². The summed E-state index contributed by atoms with van der Waals surface area (Å²) in [5.41, 5.74) is -0.337. The third-order valence-electron chi connectivity index (χ3n) is 9.12. The number of Topliss-reactive ketones (excluding diaryl/α,β-unsaturated/α-hetero) is 1. The molecule has 2 aromatic carbocycles. The van der Waals surface area contributed by atoms with Crippen molar-refractivity contribution in [3.05, 3.63) is 71.8 Å². The molecule has 5 atom stereocenters. The van der Waals surface area contributed by atoms with Gasteiger partial charge in [-0.05, 0) is 55.6 Å². The van der Waals surface area contributed by atoms with Crippen LogP contribution in [0.15, 0.2) is 60.7 Å². The molecule has 0 radical (unpaired) electrons. The molecule has 4 amide bonds. The van der Waals surface area contributed by atoms with E-state index in [2.05, 4.69) is 21.3 Å². The predicted molar refractivity (Wildman–Crippen MR) is 202 cm³/mol. The Balaban J connectivity index is 1.84. The van der Waals surface area contributed by atoms with Crippen LogP contribution < -0.4 is 21.3 Å². The van der Waals surface area contributed by atoms with E-state index in [1.54, 1.807) is 12.1 Å². The zero-order chi connectivity index (χ0) is 39.0. The SMILES string of the molecule is CC(C)C[C@H](NC(=O)[C@H](CCc1ccccc1)NC(=O)CN1CCOCC1)C(=O)N[C@@H](Cc1ccccc1)C(=O)N[C@@H](CC(C)C)C(=O)[C@](C)(O)CO. The number of carbonyl (C=O) groups is 5. The summed E-state index contributed by atoms with van der Waals surface area (Å²) < 4.78 is 5.39. The number of aliphatic hydroxyl groups is 2. The average molecular weight is 738 g/mol. The van der Waals surface area contributed by atoms with E-state index in [1.807, 2.05) is 81.1 Å². The molecular formula is C40H59N5O8. The van der Waals surface area contributed by atoms with Crippen molar-refractivity contribution in [1.29, 1.82) is 0 Å². The number of morpholine rings is 1. The number of nitrogens with one attached hydrogen (secondary N) is 4. The number of ketones is 1. The molecule has 1 aliphatic heterocycles. The number of ether oxygens (including phenoxy) is 1. The van der Waals surface area contributed by atoms with Gasteiger partial charge in [-0.1, -0.05) is 88.4 Å². The Morgan fingerprint density at radius 1 is 0.717 bits per heavy atom. The van der Waals surface area contributed by atoms with Crippen molar-refractivity contribution >= 4 is 29.4 Å². The van der Waals surface area contributed by atoms with Gasteiger partial charge in [-0.15, -0.1) is 0 Å². The number of carbonyl (C=O) groups excluding carboxylic acids is 5. The Labute approximate surface area is 313 Å². The third-order valence-corrected chi connectivity index (χ3v) is 9.12. The minimum atomic E-state index is -2.08. The number of aliphatic hydroxyl groups excluding tert-OH is 1. The number of benzene rings is 2. The van der Waals surface area contributed by atoms with Gasteiger partial charge in [0, 0.05) is 19.5 Å². The minimum absolute atomic E-state index is 0.0279. The number of rotatable bonds is 21. The van der Waals surface area contributed by atoms with Gasteiger partial charge in [0.25, 0.3) is 0 Å². The highest BCUT2D eigenvalue weighted by atomic mass is 16.5. The number of nitrogens with zero attached hydrogens (tertiary/aromatic N) is 1. The zero-order valence-corrected chi connectivity index (χ0v) is 31.8. The second kappa shape index (κ2) is 21.5. The molecule has 13 heteroatoms. The maximum Gasteiger partial charge on any atom is 0.243 e. The van der Waals surface area contributed by atoms with Crippen molar-refractivity contribution in [3.63, 3.8) is 0 Å². The fraction of sp³-hybridized carbons (Fsp3) is 0.575. The molecule has 1 heterocycles. The molecule has 6 N–H and O–H groups in total. The largest absolute Gasteiger partial charge is 0.393 e. The van der Waals surface area contributed by atoms with Crippen molar-refractivity contribution in [3.8, 4) is 0 Å². The molecule has 0 bridgehead atoms. The smallest absolute Gasteiger partial charge is 0.243 e.